The van der Waals surface area contributed by atoms with E-state index in [4.69, 9.17) is 15.7 Å². The Morgan fingerprint density at radius 3 is 2.93 bits per heavy atom. The minimum absolute atomic E-state index is 0.377. The first-order chi connectivity index (χ1) is 13.3. The van der Waals surface area contributed by atoms with Gasteiger partial charge in [0.15, 0.2) is 0 Å². The molecule has 3 aromatic rings. The van der Waals surface area contributed by atoms with Crippen LogP contribution in [0.2, 0.25) is 0 Å². The Morgan fingerprint density at radius 2 is 2.07 bits per heavy atom. The van der Waals surface area contributed by atoms with E-state index in [0.29, 0.717) is 17.9 Å². The first-order valence-electron chi connectivity index (χ1n) is 10.1. The van der Waals surface area contributed by atoms with Crippen molar-refractivity contribution in [3.05, 3.63) is 59.7 Å². The quantitative estimate of drug-likeness (QED) is 0.706. The number of benzene rings is 1. The van der Waals surface area contributed by atoms with E-state index in [1.54, 1.807) is 0 Å². The van der Waals surface area contributed by atoms with Crippen LogP contribution in [0.1, 0.15) is 42.4 Å². The van der Waals surface area contributed by atoms with Crippen LogP contribution in [0.3, 0.4) is 0 Å². The number of pyridine rings is 1. The van der Waals surface area contributed by atoms with Crippen LogP contribution in [0.25, 0.3) is 11.0 Å². The van der Waals surface area contributed by atoms with E-state index in [1.165, 1.54) is 30.5 Å². The zero-order valence-corrected chi connectivity index (χ0v) is 15.6. The average Bonchev–Trinajstić information content (AvgIpc) is 3.34. The SMILES string of the molecule is NC[C@H]1C[C@@H]1CN(Cc1nc2ccccc2[nH]1)[C@H]1CCCc2cccnc21. The number of aromatic amines is 1. The Labute approximate surface area is 160 Å². The molecular weight excluding hydrogens is 334 g/mol. The van der Waals surface area contributed by atoms with Crippen LogP contribution in [0.5, 0.6) is 0 Å². The number of H-pyrrole nitrogens is 1. The van der Waals surface area contributed by atoms with Crippen LogP contribution in [-0.4, -0.2) is 32.9 Å². The zero-order valence-electron chi connectivity index (χ0n) is 15.6. The van der Waals surface area contributed by atoms with Crippen molar-refractivity contribution in [1.29, 1.82) is 0 Å². The monoisotopic (exact) mass is 361 g/mol. The molecule has 140 valence electrons. The van der Waals surface area contributed by atoms with Gasteiger partial charge in [-0.3, -0.25) is 9.88 Å². The number of aryl methyl sites for hydroxylation is 1. The summed E-state index contributed by atoms with van der Waals surface area (Å²) in [6, 6.07) is 13.0. The number of rotatable bonds is 6. The van der Waals surface area contributed by atoms with Crippen LogP contribution in [0.15, 0.2) is 42.6 Å². The summed E-state index contributed by atoms with van der Waals surface area (Å²) in [7, 11) is 0. The van der Waals surface area contributed by atoms with Crippen LogP contribution in [-0.2, 0) is 13.0 Å². The van der Waals surface area contributed by atoms with Crippen molar-refractivity contribution in [3.63, 3.8) is 0 Å². The third-order valence-electron chi connectivity index (χ3n) is 6.24. The molecule has 0 bridgehead atoms. The molecule has 0 spiro atoms. The van der Waals surface area contributed by atoms with Gasteiger partial charge in [0.2, 0.25) is 0 Å². The van der Waals surface area contributed by atoms with Crippen molar-refractivity contribution in [1.82, 2.24) is 19.9 Å². The van der Waals surface area contributed by atoms with E-state index < -0.39 is 0 Å². The van der Waals surface area contributed by atoms with Gasteiger partial charge in [0.1, 0.15) is 5.82 Å². The third kappa shape index (κ3) is 3.37. The molecule has 1 aromatic carbocycles. The molecule has 3 atom stereocenters. The number of hydrogen-bond donors (Lipinski definition) is 2. The highest BCUT2D eigenvalue weighted by molar-refractivity contribution is 5.74. The molecule has 0 unspecified atom stereocenters. The summed E-state index contributed by atoms with van der Waals surface area (Å²) >= 11 is 0. The maximum atomic E-state index is 5.91. The molecule has 5 heteroatoms. The molecule has 1 fully saturated rings. The maximum absolute atomic E-state index is 5.91. The molecule has 27 heavy (non-hydrogen) atoms. The molecule has 0 aliphatic heterocycles. The molecule has 2 aliphatic carbocycles. The van der Waals surface area contributed by atoms with E-state index in [2.05, 4.69) is 40.2 Å². The number of nitrogens with two attached hydrogens (primary N) is 1. The number of aromatic nitrogens is 3. The second-order valence-electron chi connectivity index (χ2n) is 8.08. The van der Waals surface area contributed by atoms with Crippen molar-refractivity contribution in [2.75, 3.05) is 13.1 Å². The highest BCUT2D eigenvalue weighted by Gasteiger charge is 2.39. The Morgan fingerprint density at radius 1 is 1.15 bits per heavy atom. The molecule has 5 nitrogen and oxygen atoms in total. The van der Waals surface area contributed by atoms with E-state index >= 15 is 0 Å². The fourth-order valence-electron chi connectivity index (χ4n) is 4.64. The van der Waals surface area contributed by atoms with Crippen molar-refractivity contribution in [2.45, 2.75) is 38.3 Å². The number of nitrogens with zero attached hydrogens (tertiary/aromatic N) is 3. The van der Waals surface area contributed by atoms with E-state index in [1.807, 2.05) is 12.3 Å². The van der Waals surface area contributed by atoms with E-state index in [-0.39, 0.29) is 0 Å². The maximum Gasteiger partial charge on any atom is 0.121 e. The molecule has 5 rings (SSSR count). The molecular formula is C22H27N5. The number of fused-ring (bicyclic) bond motifs is 2. The Bertz CT molecular complexity index is 900. The second kappa shape index (κ2) is 7.06. The molecule has 2 aliphatic rings. The minimum Gasteiger partial charge on any atom is -0.341 e. The lowest BCUT2D eigenvalue weighted by atomic mass is 9.90. The first-order valence-corrected chi connectivity index (χ1v) is 10.1. The fourth-order valence-corrected chi connectivity index (χ4v) is 4.64. The summed E-state index contributed by atoms with van der Waals surface area (Å²) in [5.74, 6) is 2.45. The first kappa shape index (κ1) is 16.9. The highest BCUT2D eigenvalue weighted by atomic mass is 15.2. The average molecular weight is 361 g/mol. The smallest absolute Gasteiger partial charge is 0.121 e. The highest BCUT2D eigenvalue weighted by Crippen LogP contribution is 2.41. The summed E-state index contributed by atoms with van der Waals surface area (Å²) in [4.78, 5) is 15.7. The van der Waals surface area contributed by atoms with Gasteiger partial charge in [0.25, 0.3) is 0 Å². The Kier molecular flexibility index (Phi) is 4.42. The van der Waals surface area contributed by atoms with Crippen molar-refractivity contribution in [3.8, 4) is 0 Å². The number of hydrogen-bond acceptors (Lipinski definition) is 4. The lowest BCUT2D eigenvalue weighted by Gasteiger charge is -2.34. The standard InChI is InChI=1S/C22H27N5/c23-12-16-11-17(16)13-27(14-21-25-18-7-1-2-8-19(18)26-21)20-9-3-5-15-6-4-10-24-22(15)20/h1-2,4,6-8,10,16-17,20H,3,5,9,11-14,23H2,(H,25,26)/t16-,17-,20+/m1/s1. The Hall–Kier alpha value is -2.24. The van der Waals surface area contributed by atoms with Crippen molar-refractivity contribution in [2.24, 2.45) is 17.6 Å². The molecule has 0 amide bonds. The van der Waals surface area contributed by atoms with Gasteiger partial charge in [-0.15, -0.1) is 0 Å². The summed E-state index contributed by atoms with van der Waals surface area (Å²) < 4.78 is 0. The normalized spacial score (nSPS) is 24.3. The van der Waals surface area contributed by atoms with Crippen LogP contribution < -0.4 is 5.73 Å². The van der Waals surface area contributed by atoms with Gasteiger partial charge in [-0.1, -0.05) is 18.2 Å². The molecule has 2 heterocycles. The number of para-hydroxylation sites is 2. The summed E-state index contributed by atoms with van der Waals surface area (Å²) in [5, 5.41) is 0. The minimum atomic E-state index is 0.377. The summed E-state index contributed by atoms with van der Waals surface area (Å²) in [5.41, 5.74) is 10.7. The summed E-state index contributed by atoms with van der Waals surface area (Å²) in [6.07, 6.45) is 6.74. The van der Waals surface area contributed by atoms with Gasteiger partial charge in [-0.25, -0.2) is 4.98 Å². The van der Waals surface area contributed by atoms with Gasteiger partial charge < -0.3 is 10.7 Å². The van der Waals surface area contributed by atoms with Gasteiger partial charge >= 0.3 is 0 Å². The lowest BCUT2D eigenvalue weighted by molar-refractivity contribution is 0.152. The second-order valence-corrected chi connectivity index (χ2v) is 8.08. The third-order valence-corrected chi connectivity index (χ3v) is 6.24. The Balaban J connectivity index is 1.44. The summed E-state index contributed by atoms with van der Waals surface area (Å²) in [6.45, 7) is 2.73. The largest absolute Gasteiger partial charge is 0.341 e. The molecule has 3 N–H and O–H groups in total. The van der Waals surface area contributed by atoms with Crippen molar-refractivity contribution >= 4 is 11.0 Å². The molecule has 2 aromatic heterocycles. The number of nitrogens with one attached hydrogen (secondary N) is 1. The predicted molar refractivity (Wildman–Crippen MR) is 107 cm³/mol. The van der Waals surface area contributed by atoms with Crippen LogP contribution >= 0.6 is 0 Å². The zero-order chi connectivity index (χ0) is 18.2. The molecule has 0 radical (unpaired) electrons. The van der Waals surface area contributed by atoms with Gasteiger partial charge in [0, 0.05) is 12.7 Å². The van der Waals surface area contributed by atoms with E-state index in [9.17, 15) is 0 Å². The van der Waals surface area contributed by atoms with Gasteiger partial charge in [-0.05, 0) is 67.8 Å². The van der Waals surface area contributed by atoms with Crippen molar-refractivity contribution < 1.29 is 0 Å². The van der Waals surface area contributed by atoms with E-state index in [0.717, 1.165) is 42.9 Å². The number of imidazole rings is 1. The predicted octanol–water partition coefficient (Wildman–Crippen LogP) is 3.43. The topological polar surface area (TPSA) is 70.8 Å². The van der Waals surface area contributed by atoms with Gasteiger partial charge in [-0.2, -0.15) is 0 Å². The molecule has 0 saturated heterocycles. The van der Waals surface area contributed by atoms with Crippen LogP contribution in [0.4, 0.5) is 0 Å². The lowest BCUT2D eigenvalue weighted by Crippen LogP contribution is -2.34. The fraction of sp³-hybridized carbons (Fsp3) is 0.455. The van der Waals surface area contributed by atoms with Gasteiger partial charge in [0.05, 0.1) is 29.3 Å². The van der Waals surface area contributed by atoms with Crippen LogP contribution in [0, 0.1) is 11.8 Å². The molecule has 1 saturated carbocycles.